The number of aliphatic carboxylic acids is 1. The van der Waals surface area contributed by atoms with Crippen molar-refractivity contribution >= 4 is 12.1 Å². The van der Waals surface area contributed by atoms with E-state index in [-0.39, 0.29) is 30.6 Å². The minimum absolute atomic E-state index is 0. The summed E-state index contributed by atoms with van der Waals surface area (Å²) in [5.41, 5.74) is -0.387. The summed E-state index contributed by atoms with van der Waals surface area (Å²) in [6.07, 6.45) is -0.200. The van der Waals surface area contributed by atoms with Crippen LogP contribution in [-0.4, -0.2) is 48.7 Å². The van der Waals surface area contributed by atoms with Gasteiger partial charge in [-0.25, -0.2) is 4.79 Å². The van der Waals surface area contributed by atoms with Crippen molar-refractivity contribution in [3.05, 3.63) is 0 Å². The summed E-state index contributed by atoms with van der Waals surface area (Å²) in [7, 11) is 0. The zero-order chi connectivity index (χ0) is 13.5. The maximum Gasteiger partial charge on any atom is 1.00 e. The normalized spacial score (nSPS) is 14.8. The van der Waals surface area contributed by atoms with Crippen LogP contribution in [0.4, 0.5) is 4.79 Å². The second kappa shape index (κ2) is 9.26. The topological polar surface area (TPSA) is 81.7 Å². The van der Waals surface area contributed by atoms with Gasteiger partial charge in [-0.3, -0.25) is 0 Å². The molecule has 100 valence electrons. The van der Waals surface area contributed by atoms with E-state index in [2.05, 4.69) is 5.32 Å². The third-order valence-corrected chi connectivity index (χ3v) is 1.77. The second-order valence-electron chi connectivity index (χ2n) is 4.71. The molecule has 0 saturated carbocycles. The number of amides is 1. The van der Waals surface area contributed by atoms with Gasteiger partial charge in [-0.15, -0.1) is 0 Å². The Hall–Kier alpha value is -0.703. The van der Waals surface area contributed by atoms with E-state index in [1.807, 2.05) is 20.8 Å². The Kier molecular flexibility index (Phi) is 10.1. The predicted octanol–water partition coefficient (Wildman–Crippen LogP) is -3.41. The number of ether oxygens (including phenoxy) is 1. The average molecular weight is 252 g/mol. The van der Waals surface area contributed by atoms with E-state index in [4.69, 9.17) is 14.6 Å². The van der Waals surface area contributed by atoms with E-state index < -0.39 is 5.97 Å². The van der Waals surface area contributed by atoms with Crippen LogP contribution in [0.5, 0.6) is 0 Å². The summed E-state index contributed by atoms with van der Waals surface area (Å²) in [5.74, 6) is -1.08. The molecule has 0 aromatic carbocycles. The number of nitrogens with zero attached hydrogens (tertiary/aromatic N) is 1. The van der Waals surface area contributed by atoms with Gasteiger partial charge in [0, 0.05) is 32.1 Å². The van der Waals surface area contributed by atoms with Crippen molar-refractivity contribution in [1.82, 2.24) is 10.2 Å². The first-order chi connectivity index (χ1) is 7.72. The largest absolute Gasteiger partial charge is 1.00 e. The maximum atomic E-state index is 11.5. The molecule has 1 fully saturated rings. The van der Waals surface area contributed by atoms with E-state index in [0.717, 1.165) is 33.1 Å². The van der Waals surface area contributed by atoms with Gasteiger partial charge in [0.15, 0.2) is 0 Å². The number of carbonyl (C=O) groups excluding carboxylic acids is 2. The van der Waals surface area contributed by atoms with Crippen LogP contribution < -0.4 is 29.3 Å². The van der Waals surface area contributed by atoms with Crippen LogP contribution in [-0.2, 0) is 9.53 Å². The third-order valence-electron chi connectivity index (χ3n) is 1.77. The molecule has 0 aromatic rings. The van der Waals surface area contributed by atoms with Crippen LogP contribution in [0.2, 0.25) is 0 Å². The summed E-state index contributed by atoms with van der Waals surface area (Å²) in [6, 6.07) is 0. The number of carbonyl (C=O) groups is 2. The van der Waals surface area contributed by atoms with Gasteiger partial charge in [0.25, 0.3) is 0 Å². The fraction of sp³-hybridized carbons (Fsp3) is 0.818. The summed E-state index contributed by atoms with van der Waals surface area (Å²) in [6.45, 7) is 9.83. The molecular weight excluding hydrogens is 231 g/mol. The number of hydrogen-bond donors (Lipinski definition) is 1. The fourth-order valence-corrected chi connectivity index (χ4v) is 1.17. The van der Waals surface area contributed by atoms with E-state index in [1.54, 1.807) is 4.90 Å². The summed E-state index contributed by atoms with van der Waals surface area (Å²) < 4.78 is 5.24. The van der Waals surface area contributed by atoms with Crippen molar-refractivity contribution in [2.24, 2.45) is 0 Å². The van der Waals surface area contributed by atoms with Crippen molar-refractivity contribution in [1.29, 1.82) is 0 Å². The van der Waals surface area contributed by atoms with Gasteiger partial charge in [-0.2, -0.15) is 0 Å². The quantitative estimate of drug-likeness (QED) is 0.454. The Labute approximate surface area is 120 Å². The average Bonchev–Trinajstić information content (AvgIpc) is 2.15. The minimum Gasteiger partial charge on any atom is -0.550 e. The number of carboxylic acids is 1. The molecule has 1 heterocycles. The Balaban J connectivity index is 0. The van der Waals surface area contributed by atoms with Gasteiger partial charge in [0.05, 0.1) is 0 Å². The zero-order valence-electron chi connectivity index (χ0n) is 11.9. The van der Waals surface area contributed by atoms with Crippen molar-refractivity contribution in [3.8, 4) is 0 Å². The van der Waals surface area contributed by atoms with Gasteiger partial charge in [0.2, 0.25) is 0 Å². The Morgan fingerprint density at radius 3 is 1.94 bits per heavy atom. The van der Waals surface area contributed by atoms with Gasteiger partial charge in [-0.1, -0.05) is 0 Å². The van der Waals surface area contributed by atoms with Gasteiger partial charge in [0.1, 0.15) is 5.60 Å². The maximum absolute atomic E-state index is 11.5. The molecule has 1 aliphatic rings. The van der Waals surface area contributed by atoms with Crippen LogP contribution in [0.1, 0.15) is 27.7 Å². The van der Waals surface area contributed by atoms with Gasteiger partial charge < -0.3 is 24.9 Å². The molecule has 6 nitrogen and oxygen atoms in total. The number of nitrogens with one attached hydrogen (secondary N) is 1. The van der Waals surface area contributed by atoms with E-state index in [9.17, 15) is 4.79 Å². The van der Waals surface area contributed by atoms with Crippen LogP contribution in [0.25, 0.3) is 0 Å². The Bertz CT molecular complexity index is 256. The molecule has 7 heteroatoms. The van der Waals surface area contributed by atoms with Crippen molar-refractivity contribution in [2.45, 2.75) is 33.3 Å². The summed E-state index contributed by atoms with van der Waals surface area (Å²) >= 11 is 0. The first kappa shape index (κ1) is 19.6. The third kappa shape index (κ3) is 11.8. The molecule has 0 aliphatic carbocycles. The molecule has 0 radical (unpaired) electrons. The molecule has 1 aliphatic heterocycles. The van der Waals surface area contributed by atoms with Gasteiger partial charge in [-0.05, 0) is 27.7 Å². The smallest absolute Gasteiger partial charge is 0.550 e. The first-order valence-electron chi connectivity index (χ1n) is 5.58. The molecule has 0 atom stereocenters. The zero-order valence-corrected chi connectivity index (χ0v) is 11.9. The molecule has 0 bridgehead atoms. The Morgan fingerprint density at radius 2 is 1.61 bits per heavy atom. The van der Waals surface area contributed by atoms with Crippen LogP contribution in [0, 0.1) is 0 Å². The Morgan fingerprint density at radius 1 is 1.22 bits per heavy atom. The molecule has 18 heavy (non-hydrogen) atoms. The molecule has 0 unspecified atom stereocenters. The van der Waals surface area contributed by atoms with E-state index in [1.165, 1.54) is 0 Å². The van der Waals surface area contributed by atoms with E-state index in [0.29, 0.717) is 0 Å². The molecule has 1 rings (SSSR count). The molecule has 0 aromatic heterocycles. The van der Waals surface area contributed by atoms with E-state index >= 15 is 0 Å². The number of rotatable bonds is 0. The van der Waals surface area contributed by atoms with Crippen molar-refractivity contribution in [2.75, 3.05) is 26.2 Å². The predicted molar refractivity (Wildman–Crippen MR) is 61.4 cm³/mol. The van der Waals surface area contributed by atoms with Crippen LogP contribution in [0.15, 0.2) is 0 Å². The summed E-state index contributed by atoms with van der Waals surface area (Å²) in [4.78, 5) is 22.1. The molecular formula is C11H21LiN2O4. The second-order valence-corrected chi connectivity index (χ2v) is 4.71. The van der Waals surface area contributed by atoms with Crippen LogP contribution >= 0.6 is 0 Å². The fourth-order valence-electron chi connectivity index (χ4n) is 1.17. The number of hydrogen-bond acceptors (Lipinski definition) is 5. The SMILES string of the molecule is CC(=O)[O-].CC(C)(C)OC(=O)N1CCNCC1.[Li+]. The molecule has 0 spiro atoms. The number of piperazine rings is 1. The minimum atomic E-state index is -1.08. The molecule has 1 N–H and O–H groups in total. The summed E-state index contributed by atoms with van der Waals surface area (Å²) in [5, 5.41) is 12.1. The van der Waals surface area contributed by atoms with Crippen LogP contribution in [0.3, 0.4) is 0 Å². The van der Waals surface area contributed by atoms with Crippen molar-refractivity contribution < 1.29 is 38.3 Å². The number of carboxylic acid groups (broad SMARTS) is 1. The molecule has 1 amide bonds. The van der Waals surface area contributed by atoms with Crippen molar-refractivity contribution in [3.63, 3.8) is 0 Å². The molecule has 1 saturated heterocycles. The van der Waals surface area contributed by atoms with Gasteiger partial charge >= 0.3 is 25.0 Å². The first-order valence-corrected chi connectivity index (χ1v) is 5.58. The standard InChI is InChI=1S/C9H18N2O2.C2H4O2.Li/c1-9(2,3)13-8(12)11-6-4-10-5-7-11;1-2(3)4;/h10H,4-7H2,1-3H3;1H3,(H,3,4);/q;;+1/p-1. The monoisotopic (exact) mass is 252 g/mol.